The summed E-state index contributed by atoms with van der Waals surface area (Å²) in [5, 5.41) is 9.98. The van der Waals surface area contributed by atoms with Crippen molar-refractivity contribution in [3.63, 3.8) is 0 Å². The molecule has 0 aromatic heterocycles. The molecule has 0 saturated carbocycles. The van der Waals surface area contributed by atoms with E-state index in [4.69, 9.17) is 11.6 Å². The average molecular weight is 280 g/mol. The molecule has 19 heavy (non-hydrogen) atoms. The van der Waals surface area contributed by atoms with Crippen molar-refractivity contribution < 1.29 is 9.50 Å². The molecule has 2 rings (SSSR count). The first-order valence-electron chi connectivity index (χ1n) is 5.96. The van der Waals surface area contributed by atoms with Crippen molar-refractivity contribution in [2.24, 2.45) is 0 Å². The van der Waals surface area contributed by atoms with E-state index in [9.17, 15) is 9.50 Å². The van der Waals surface area contributed by atoms with Crippen LogP contribution in [0.3, 0.4) is 0 Å². The fourth-order valence-electron chi connectivity index (χ4n) is 1.91. The lowest BCUT2D eigenvalue weighted by Gasteiger charge is -2.22. The average Bonchev–Trinajstić information content (AvgIpc) is 2.38. The van der Waals surface area contributed by atoms with Gasteiger partial charge in [0.25, 0.3) is 0 Å². The number of hydrogen-bond acceptors (Lipinski definition) is 2. The summed E-state index contributed by atoms with van der Waals surface area (Å²) in [6, 6.07) is 11.8. The molecule has 1 atom stereocenters. The molecule has 0 aliphatic carbocycles. The van der Waals surface area contributed by atoms with E-state index >= 15 is 0 Å². The predicted octanol–water partition coefficient (Wildman–Crippen LogP) is 4.30. The monoisotopic (exact) mass is 279 g/mol. The van der Waals surface area contributed by atoms with Gasteiger partial charge in [0.05, 0.1) is 22.5 Å². The number of aliphatic hydroxyl groups is 1. The van der Waals surface area contributed by atoms with Gasteiger partial charge in [-0.2, -0.15) is 0 Å². The van der Waals surface area contributed by atoms with Crippen molar-refractivity contribution >= 4 is 23.0 Å². The number of hydrogen-bond donors (Lipinski definition) is 1. The molecule has 0 aliphatic rings. The molecule has 0 aliphatic heterocycles. The highest BCUT2D eigenvalue weighted by atomic mass is 35.5. The van der Waals surface area contributed by atoms with Gasteiger partial charge in [-0.1, -0.05) is 29.8 Å². The van der Waals surface area contributed by atoms with Gasteiger partial charge in [0, 0.05) is 7.05 Å². The highest BCUT2D eigenvalue weighted by Gasteiger charge is 2.13. The fraction of sp³-hybridized carbons (Fsp3) is 0.200. The lowest BCUT2D eigenvalue weighted by molar-refractivity contribution is 0.199. The maximum Gasteiger partial charge on any atom is 0.146 e. The maximum absolute atomic E-state index is 13.7. The number of nitrogens with zero attached hydrogens (tertiary/aromatic N) is 1. The van der Waals surface area contributed by atoms with E-state index in [1.807, 2.05) is 0 Å². The van der Waals surface area contributed by atoms with Crippen LogP contribution in [0.25, 0.3) is 0 Å². The minimum atomic E-state index is -0.578. The van der Waals surface area contributed by atoms with E-state index < -0.39 is 6.10 Å². The van der Waals surface area contributed by atoms with Crippen molar-refractivity contribution in [2.75, 3.05) is 11.9 Å². The Morgan fingerprint density at radius 2 is 1.84 bits per heavy atom. The van der Waals surface area contributed by atoms with Crippen molar-refractivity contribution in [3.8, 4) is 0 Å². The van der Waals surface area contributed by atoms with Crippen LogP contribution in [0.2, 0.25) is 5.02 Å². The molecule has 2 aromatic carbocycles. The third-order valence-electron chi connectivity index (χ3n) is 3.03. The summed E-state index contributed by atoms with van der Waals surface area (Å²) in [6.45, 7) is 1.67. The molecule has 0 radical (unpaired) electrons. The topological polar surface area (TPSA) is 23.5 Å². The smallest absolute Gasteiger partial charge is 0.146 e. The minimum Gasteiger partial charge on any atom is -0.389 e. The quantitative estimate of drug-likeness (QED) is 0.905. The van der Waals surface area contributed by atoms with Crippen LogP contribution in [-0.4, -0.2) is 12.2 Å². The van der Waals surface area contributed by atoms with Gasteiger partial charge in [0.2, 0.25) is 0 Å². The summed E-state index contributed by atoms with van der Waals surface area (Å²) in [5.74, 6) is -0.305. The fourth-order valence-corrected chi connectivity index (χ4v) is 2.22. The molecule has 1 unspecified atom stereocenters. The van der Waals surface area contributed by atoms with Crippen molar-refractivity contribution in [1.82, 2.24) is 0 Å². The Bertz CT molecular complexity index is 586. The zero-order valence-corrected chi connectivity index (χ0v) is 11.5. The van der Waals surface area contributed by atoms with Crippen LogP contribution in [0.1, 0.15) is 18.6 Å². The van der Waals surface area contributed by atoms with Crippen LogP contribution >= 0.6 is 11.6 Å². The first-order valence-corrected chi connectivity index (χ1v) is 6.34. The first kappa shape index (κ1) is 13.8. The normalized spacial score (nSPS) is 12.3. The Labute approximate surface area is 117 Å². The third kappa shape index (κ3) is 2.88. The molecular formula is C15H15ClFNO. The van der Waals surface area contributed by atoms with E-state index in [0.29, 0.717) is 16.4 Å². The minimum absolute atomic E-state index is 0.305. The van der Waals surface area contributed by atoms with Gasteiger partial charge in [-0.3, -0.25) is 0 Å². The van der Waals surface area contributed by atoms with Crippen molar-refractivity contribution in [3.05, 3.63) is 58.9 Å². The van der Waals surface area contributed by atoms with E-state index in [1.54, 1.807) is 55.3 Å². The molecule has 0 heterocycles. The zero-order chi connectivity index (χ0) is 14.0. The number of benzene rings is 2. The highest BCUT2D eigenvalue weighted by Crippen LogP contribution is 2.33. The molecule has 100 valence electrons. The van der Waals surface area contributed by atoms with Gasteiger partial charge in [-0.15, -0.1) is 0 Å². The van der Waals surface area contributed by atoms with Gasteiger partial charge in [0.1, 0.15) is 5.82 Å². The first-order chi connectivity index (χ1) is 9.00. The molecule has 0 spiro atoms. The SMILES string of the molecule is CC(O)c1ccc(N(C)c2ccccc2F)c(Cl)c1. The molecular weight excluding hydrogens is 265 g/mol. The Morgan fingerprint density at radius 3 is 2.42 bits per heavy atom. The number of rotatable bonds is 3. The van der Waals surface area contributed by atoms with Crippen LogP contribution in [0.5, 0.6) is 0 Å². The highest BCUT2D eigenvalue weighted by molar-refractivity contribution is 6.33. The van der Waals surface area contributed by atoms with Crippen LogP contribution in [0.15, 0.2) is 42.5 Å². The van der Waals surface area contributed by atoms with Crippen LogP contribution < -0.4 is 4.90 Å². The predicted molar refractivity (Wildman–Crippen MR) is 76.5 cm³/mol. The number of anilines is 2. The molecule has 0 amide bonds. The lowest BCUT2D eigenvalue weighted by atomic mass is 10.1. The number of halogens is 2. The van der Waals surface area contributed by atoms with E-state index in [0.717, 1.165) is 5.56 Å². The number of aliphatic hydroxyl groups excluding tert-OH is 1. The Morgan fingerprint density at radius 1 is 1.16 bits per heavy atom. The second kappa shape index (κ2) is 5.59. The zero-order valence-electron chi connectivity index (χ0n) is 10.8. The molecule has 2 aromatic rings. The molecule has 2 nitrogen and oxygen atoms in total. The second-order valence-corrected chi connectivity index (χ2v) is 4.80. The third-order valence-corrected chi connectivity index (χ3v) is 3.33. The molecule has 0 fully saturated rings. The summed E-state index contributed by atoms with van der Waals surface area (Å²) >= 11 is 6.20. The van der Waals surface area contributed by atoms with Crippen molar-refractivity contribution in [1.29, 1.82) is 0 Å². The van der Waals surface area contributed by atoms with E-state index in [2.05, 4.69) is 0 Å². The van der Waals surface area contributed by atoms with Gasteiger partial charge in [-0.05, 0) is 36.8 Å². The lowest BCUT2D eigenvalue weighted by Crippen LogP contribution is -2.11. The maximum atomic E-state index is 13.7. The van der Waals surface area contributed by atoms with Gasteiger partial charge >= 0.3 is 0 Å². The van der Waals surface area contributed by atoms with Crippen LogP contribution in [-0.2, 0) is 0 Å². The molecule has 0 saturated heterocycles. The van der Waals surface area contributed by atoms with Gasteiger partial charge in [-0.25, -0.2) is 4.39 Å². The number of para-hydroxylation sites is 1. The molecule has 4 heteroatoms. The summed E-state index contributed by atoms with van der Waals surface area (Å²) in [5.41, 5.74) is 1.88. The Balaban J connectivity index is 2.40. The van der Waals surface area contributed by atoms with Crippen LogP contribution in [0, 0.1) is 5.82 Å². The largest absolute Gasteiger partial charge is 0.389 e. The summed E-state index contributed by atoms with van der Waals surface area (Å²) in [7, 11) is 1.75. The summed E-state index contributed by atoms with van der Waals surface area (Å²) < 4.78 is 13.7. The van der Waals surface area contributed by atoms with E-state index in [-0.39, 0.29) is 5.82 Å². The summed E-state index contributed by atoms with van der Waals surface area (Å²) in [4.78, 5) is 1.68. The molecule has 0 bridgehead atoms. The standard InChI is InChI=1S/C15H15ClFNO/c1-10(19)11-7-8-14(12(16)9-11)18(2)15-6-4-3-5-13(15)17/h3-10,19H,1-2H3. The van der Waals surface area contributed by atoms with Gasteiger partial charge in [0.15, 0.2) is 0 Å². The Hall–Kier alpha value is -1.58. The second-order valence-electron chi connectivity index (χ2n) is 4.40. The molecule has 1 N–H and O–H groups in total. The van der Waals surface area contributed by atoms with E-state index in [1.165, 1.54) is 6.07 Å². The summed E-state index contributed by atoms with van der Waals surface area (Å²) in [6.07, 6.45) is -0.578. The van der Waals surface area contributed by atoms with Crippen molar-refractivity contribution in [2.45, 2.75) is 13.0 Å². The van der Waals surface area contributed by atoms with Crippen LogP contribution in [0.4, 0.5) is 15.8 Å². The Kier molecular flexibility index (Phi) is 4.08. The van der Waals surface area contributed by atoms with Gasteiger partial charge < -0.3 is 10.0 Å².